The molecule has 0 bridgehead atoms. The van der Waals surface area contributed by atoms with Crippen molar-refractivity contribution in [2.45, 2.75) is 25.4 Å². The molecule has 0 heterocycles. The van der Waals surface area contributed by atoms with E-state index in [4.69, 9.17) is 0 Å². The SMILES string of the molecule is O=C1CCC[C@H]1[C@@H](O)c1ccccc1F. The van der Waals surface area contributed by atoms with Crippen LogP contribution in [0, 0.1) is 11.7 Å². The van der Waals surface area contributed by atoms with Gasteiger partial charge in [0.15, 0.2) is 0 Å². The van der Waals surface area contributed by atoms with Crippen LogP contribution in [0.2, 0.25) is 0 Å². The summed E-state index contributed by atoms with van der Waals surface area (Å²) in [4.78, 5) is 11.4. The lowest BCUT2D eigenvalue weighted by Gasteiger charge is -2.17. The van der Waals surface area contributed by atoms with Crippen molar-refractivity contribution in [2.24, 2.45) is 5.92 Å². The van der Waals surface area contributed by atoms with E-state index in [2.05, 4.69) is 0 Å². The first kappa shape index (κ1) is 10.3. The maximum Gasteiger partial charge on any atom is 0.138 e. The fourth-order valence-corrected chi connectivity index (χ4v) is 2.11. The zero-order chi connectivity index (χ0) is 10.8. The van der Waals surface area contributed by atoms with Crippen molar-refractivity contribution in [2.75, 3.05) is 0 Å². The average molecular weight is 208 g/mol. The van der Waals surface area contributed by atoms with Crippen LogP contribution in [0.5, 0.6) is 0 Å². The molecule has 80 valence electrons. The number of ketones is 1. The van der Waals surface area contributed by atoms with Gasteiger partial charge in [-0.25, -0.2) is 4.39 Å². The van der Waals surface area contributed by atoms with Gasteiger partial charge in [-0.3, -0.25) is 4.79 Å². The first-order valence-electron chi connectivity index (χ1n) is 5.15. The number of hydrogen-bond donors (Lipinski definition) is 1. The molecular formula is C12H13FO2. The Morgan fingerprint density at radius 2 is 2.13 bits per heavy atom. The van der Waals surface area contributed by atoms with Crippen LogP contribution in [0.4, 0.5) is 4.39 Å². The van der Waals surface area contributed by atoms with Gasteiger partial charge in [0.25, 0.3) is 0 Å². The molecule has 0 amide bonds. The minimum absolute atomic E-state index is 0.0470. The molecule has 1 aromatic carbocycles. The van der Waals surface area contributed by atoms with Gasteiger partial charge in [0.1, 0.15) is 11.6 Å². The second-order valence-corrected chi connectivity index (χ2v) is 3.93. The summed E-state index contributed by atoms with van der Waals surface area (Å²) in [6, 6.07) is 6.08. The number of carbonyl (C=O) groups excluding carboxylic acids is 1. The highest BCUT2D eigenvalue weighted by molar-refractivity contribution is 5.83. The highest BCUT2D eigenvalue weighted by atomic mass is 19.1. The smallest absolute Gasteiger partial charge is 0.138 e. The number of hydrogen-bond acceptors (Lipinski definition) is 2. The Kier molecular flexibility index (Phi) is 2.82. The average Bonchev–Trinajstić information content (AvgIpc) is 2.64. The number of carbonyl (C=O) groups is 1. The number of benzene rings is 1. The molecule has 0 spiro atoms. The van der Waals surface area contributed by atoms with Gasteiger partial charge in [-0.05, 0) is 18.9 Å². The molecular weight excluding hydrogens is 195 g/mol. The van der Waals surface area contributed by atoms with E-state index in [1.807, 2.05) is 0 Å². The Balaban J connectivity index is 2.24. The second kappa shape index (κ2) is 4.11. The van der Waals surface area contributed by atoms with Crippen molar-refractivity contribution in [1.29, 1.82) is 0 Å². The van der Waals surface area contributed by atoms with Crippen LogP contribution in [-0.2, 0) is 4.79 Å². The van der Waals surface area contributed by atoms with Gasteiger partial charge in [0.2, 0.25) is 0 Å². The summed E-state index contributed by atoms with van der Waals surface area (Å²) < 4.78 is 13.3. The van der Waals surface area contributed by atoms with Gasteiger partial charge in [0.05, 0.1) is 6.10 Å². The topological polar surface area (TPSA) is 37.3 Å². The number of Topliss-reactive ketones (excluding diaryl/α,β-unsaturated/α-hetero) is 1. The summed E-state index contributed by atoms with van der Waals surface area (Å²) in [6.07, 6.45) is 0.987. The number of rotatable bonds is 2. The van der Waals surface area contributed by atoms with E-state index in [1.54, 1.807) is 12.1 Å². The quantitative estimate of drug-likeness (QED) is 0.809. The molecule has 2 atom stereocenters. The summed E-state index contributed by atoms with van der Waals surface area (Å²) >= 11 is 0. The molecule has 15 heavy (non-hydrogen) atoms. The molecule has 0 radical (unpaired) electrons. The molecule has 0 aliphatic heterocycles. The molecule has 1 aliphatic carbocycles. The zero-order valence-electron chi connectivity index (χ0n) is 8.32. The van der Waals surface area contributed by atoms with E-state index in [0.717, 1.165) is 6.42 Å². The molecule has 0 unspecified atom stereocenters. The predicted octanol–water partition coefficient (Wildman–Crippen LogP) is 2.23. The highest BCUT2D eigenvalue weighted by Crippen LogP contribution is 2.33. The fourth-order valence-electron chi connectivity index (χ4n) is 2.11. The molecule has 1 saturated carbocycles. The van der Waals surface area contributed by atoms with Crippen molar-refractivity contribution in [3.05, 3.63) is 35.6 Å². The van der Waals surface area contributed by atoms with Crippen LogP contribution in [0.15, 0.2) is 24.3 Å². The van der Waals surface area contributed by atoms with Gasteiger partial charge >= 0.3 is 0 Å². The first-order chi connectivity index (χ1) is 7.20. The van der Waals surface area contributed by atoms with E-state index in [0.29, 0.717) is 12.8 Å². The van der Waals surface area contributed by atoms with E-state index in [9.17, 15) is 14.3 Å². The minimum Gasteiger partial charge on any atom is -0.388 e. The monoisotopic (exact) mass is 208 g/mol. The molecule has 1 aliphatic rings. The normalized spacial score (nSPS) is 23.1. The van der Waals surface area contributed by atoms with Gasteiger partial charge in [-0.1, -0.05) is 18.2 Å². The number of halogens is 1. The Hall–Kier alpha value is -1.22. The predicted molar refractivity (Wildman–Crippen MR) is 53.7 cm³/mol. The molecule has 0 saturated heterocycles. The van der Waals surface area contributed by atoms with Crippen molar-refractivity contribution in [3.63, 3.8) is 0 Å². The molecule has 1 aromatic rings. The molecule has 2 nitrogen and oxygen atoms in total. The van der Waals surface area contributed by atoms with Gasteiger partial charge in [0, 0.05) is 17.9 Å². The van der Waals surface area contributed by atoms with Gasteiger partial charge < -0.3 is 5.11 Å². The Bertz CT molecular complexity index is 376. The molecule has 1 N–H and O–H groups in total. The lowest BCUT2D eigenvalue weighted by Crippen LogP contribution is -2.17. The third kappa shape index (κ3) is 1.92. The van der Waals surface area contributed by atoms with Gasteiger partial charge in [-0.15, -0.1) is 0 Å². The van der Waals surface area contributed by atoms with Crippen LogP contribution >= 0.6 is 0 Å². The largest absolute Gasteiger partial charge is 0.388 e. The lowest BCUT2D eigenvalue weighted by molar-refractivity contribution is -0.123. The third-order valence-corrected chi connectivity index (χ3v) is 2.96. The molecule has 3 heteroatoms. The summed E-state index contributed by atoms with van der Waals surface area (Å²) in [7, 11) is 0. The Morgan fingerprint density at radius 1 is 1.40 bits per heavy atom. The van der Waals surface area contributed by atoms with Crippen molar-refractivity contribution in [3.8, 4) is 0 Å². The van der Waals surface area contributed by atoms with E-state index >= 15 is 0 Å². The van der Waals surface area contributed by atoms with Crippen molar-refractivity contribution in [1.82, 2.24) is 0 Å². The molecule has 1 fully saturated rings. The van der Waals surface area contributed by atoms with Crippen LogP contribution in [-0.4, -0.2) is 10.9 Å². The number of aliphatic hydroxyl groups is 1. The zero-order valence-corrected chi connectivity index (χ0v) is 8.32. The van der Waals surface area contributed by atoms with Crippen LogP contribution < -0.4 is 0 Å². The highest BCUT2D eigenvalue weighted by Gasteiger charge is 2.32. The summed E-state index contributed by atoms with van der Waals surface area (Å²) in [5.41, 5.74) is 0.234. The summed E-state index contributed by atoms with van der Waals surface area (Å²) in [5.74, 6) is -0.808. The van der Waals surface area contributed by atoms with Crippen LogP contribution in [0.25, 0.3) is 0 Å². The lowest BCUT2D eigenvalue weighted by atomic mass is 9.93. The Morgan fingerprint density at radius 3 is 2.73 bits per heavy atom. The van der Waals surface area contributed by atoms with Crippen molar-refractivity contribution >= 4 is 5.78 Å². The third-order valence-electron chi connectivity index (χ3n) is 2.96. The second-order valence-electron chi connectivity index (χ2n) is 3.93. The van der Waals surface area contributed by atoms with Crippen LogP contribution in [0.1, 0.15) is 30.9 Å². The minimum atomic E-state index is -0.985. The Labute approximate surface area is 87.7 Å². The van der Waals surface area contributed by atoms with E-state index in [-0.39, 0.29) is 11.3 Å². The van der Waals surface area contributed by atoms with Gasteiger partial charge in [-0.2, -0.15) is 0 Å². The summed E-state index contributed by atoms with van der Waals surface area (Å²) in [5, 5.41) is 9.91. The maximum atomic E-state index is 13.3. The van der Waals surface area contributed by atoms with Crippen LogP contribution in [0.3, 0.4) is 0 Å². The van der Waals surface area contributed by atoms with E-state index in [1.165, 1.54) is 12.1 Å². The summed E-state index contributed by atoms with van der Waals surface area (Å²) in [6.45, 7) is 0. The van der Waals surface area contributed by atoms with Crippen molar-refractivity contribution < 1.29 is 14.3 Å². The standard InChI is InChI=1S/C12H13FO2/c13-10-6-2-1-4-8(10)12(15)9-5-3-7-11(9)14/h1-2,4,6,9,12,15H,3,5,7H2/t9-,12+/m1/s1. The fraction of sp³-hybridized carbons (Fsp3) is 0.417. The maximum absolute atomic E-state index is 13.3. The molecule has 2 rings (SSSR count). The first-order valence-corrected chi connectivity index (χ1v) is 5.15. The molecule has 0 aromatic heterocycles. The van der Waals surface area contributed by atoms with E-state index < -0.39 is 17.8 Å². The number of aliphatic hydroxyl groups excluding tert-OH is 1.